The number of hydrogen-bond donors (Lipinski definition) is 1. The molecule has 3 aromatic heterocycles. The largest absolute Gasteiger partial charge is 0.494 e. The summed E-state index contributed by atoms with van der Waals surface area (Å²) in [7, 11) is 1.48. The van der Waals surface area contributed by atoms with Gasteiger partial charge in [-0.25, -0.2) is 0 Å². The van der Waals surface area contributed by atoms with Crippen LogP contribution in [0.1, 0.15) is 16.9 Å². The highest BCUT2D eigenvalue weighted by atomic mass is 32.1. The fraction of sp³-hybridized carbons (Fsp3) is 0.353. The van der Waals surface area contributed by atoms with E-state index in [2.05, 4.69) is 30.6 Å². The molecule has 5 heterocycles. The number of rotatable bonds is 5. The molecule has 0 saturated carbocycles. The Bertz CT molecular complexity index is 1010. The molecule has 2 saturated heterocycles. The van der Waals surface area contributed by atoms with E-state index in [1.54, 1.807) is 6.07 Å². The van der Waals surface area contributed by atoms with Crippen molar-refractivity contribution in [3.8, 4) is 16.5 Å². The highest BCUT2D eigenvalue weighted by Gasteiger charge is 2.40. The number of morpholine rings is 1. The lowest BCUT2D eigenvalue weighted by Crippen LogP contribution is -2.37. The van der Waals surface area contributed by atoms with Gasteiger partial charge in [0, 0.05) is 12.6 Å². The lowest BCUT2D eigenvalue weighted by atomic mass is 10.2. The van der Waals surface area contributed by atoms with E-state index < -0.39 is 5.91 Å². The standard InChI is InChI=1S/C17H16N6O4S/c1-25-11-6-13(23-7-10-5-9(23)8-26-10)19-20-14(11)15(24)18-17-22-21-16(27-17)12-3-2-4-28-12/h2-4,6,9-10H,5,7-8H2,1H3,(H,18,22,24)/t9-,10+/m0/s1. The van der Waals surface area contributed by atoms with E-state index in [9.17, 15) is 4.79 Å². The van der Waals surface area contributed by atoms with Gasteiger partial charge in [-0.15, -0.1) is 26.6 Å². The second kappa shape index (κ2) is 6.84. The maximum Gasteiger partial charge on any atom is 0.322 e. The molecule has 5 rings (SSSR count). The van der Waals surface area contributed by atoms with Crippen molar-refractivity contribution in [1.29, 1.82) is 0 Å². The molecular formula is C17H16N6O4S. The van der Waals surface area contributed by atoms with Crippen LogP contribution in [0, 0.1) is 0 Å². The first-order valence-corrected chi connectivity index (χ1v) is 9.58. The van der Waals surface area contributed by atoms with Crippen molar-refractivity contribution < 1.29 is 18.7 Å². The van der Waals surface area contributed by atoms with Gasteiger partial charge in [0.05, 0.1) is 30.7 Å². The first-order valence-electron chi connectivity index (χ1n) is 8.70. The number of carbonyl (C=O) groups excluding carboxylic acids is 1. The highest BCUT2D eigenvalue weighted by Crippen LogP contribution is 2.33. The van der Waals surface area contributed by atoms with Crippen LogP contribution in [0.25, 0.3) is 10.8 Å². The molecule has 0 aliphatic carbocycles. The Hall–Kier alpha value is -3.05. The molecule has 3 aromatic rings. The Kier molecular flexibility index (Phi) is 4.17. The van der Waals surface area contributed by atoms with E-state index in [1.807, 2.05) is 17.5 Å². The maximum absolute atomic E-state index is 12.6. The van der Waals surface area contributed by atoms with Gasteiger partial charge >= 0.3 is 6.01 Å². The average molecular weight is 400 g/mol. The van der Waals surface area contributed by atoms with Crippen LogP contribution in [0.15, 0.2) is 28.0 Å². The summed E-state index contributed by atoms with van der Waals surface area (Å²) in [5, 5.41) is 20.5. The third kappa shape index (κ3) is 2.98. The van der Waals surface area contributed by atoms with Gasteiger partial charge in [-0.2, -0.15) is 0 Å². The van der Waals surface area contributed by atoms with E-state index in [1.165, 1.54) is 18.4 Å². The number of amides is 1. The van der Waals surface area contributed by atoms with Crippen LogP contribution in [0.2, 0.25) is 0 Å². The number of ether oxygens (including phenoxy) is 2. The highest BCUT2D eigenvalue weighted by molar-refractivity contribution is 7.13. The number of anilines is 2. The van der Waals surface area contributed by atoms with Crippen molar-refractivity contribution in [2.24, 2.45) is 0 Å². The van der Waals surface area contributed by atoms with Crippen molar-refractivity contribution in [3.05, 3.63) is 29.3 Å². The Morgan fingerprint density at radius 2 is 2.29 bits per heavy atom. The predicted octanol–water partition coefficient (Wildman–Crippen LogP) is 1.83. The van der Waals surface area contributed by atoms with E-state index >= 15 is 0 Å². The quantitative estimate of drug-likeness (QED) is 0.684. The van der Waals surface area contributed by atoms with E-state index in [-0.39, 0.29) is 23.9 Å². The third-order valence-corrected chi connectivity index (χ3v) is 5.61. The number of thiophene rings is 1. The Morgan fingerprint density at radius 1 is 1.36 bits per heavy atom. The van der Waals surface area contributed by atoms with Crippen LogP contribution in [0.4, 0.5) is 11.8 Å². The number of methoxy groups -OCH3 is 1. The molecule has 1 amide bonds. The zero-order valence-electron chi connectivity index (χ0n) is 14.9. The number of aromatic nitrogens is 4. The van der Waals surface area contributed by atoms with Crippen LogP contribution in [0.3, 0.4) is 0 Å². The van der Waals surface area contributed by atoms with Gasteiger partial charge in [0.2, 0.25) is 0 Å². The van der Waals surface area contributed by atoms with Gasteiger partial charge in [-0.05, 0) is 17.9 Å². The number of fused-ring (bicyclic) bond motifs is 2. The Balaban J connectivity index is 1.34. The van der Waals surface area contributed by atoms with Crippen molar-refractivity contribution in [2.45, 2.75) is 18.6 Å². The molecule has 0 aromatic carbocycles. The Morgan fingerprint density at radius 3 is 3.00 bits per heavy atom. The summed E-state index contributed by atoms with van der Waals surface area (Å²) >= 11 is 1.46. The minimum absolute atomic E-state index is 0.0182. The second-order valence-electron chi connectivity index (χ2n) is 6.46. The third-order valence-electron chi connectivity index (χ3n) is 4.75. The number of hydrogen-bond acceptors (Lipinski definition) is 10. The maximum atomic E-state index is 12.6. The summed E-state index contributed by atoms with van der Waals surface area (Å²) in [4.78, 5) is 15.6. The zero-order chi connectivity index (χ0) is 19.1. The molecule has 0 spiro atoms. The molecule has 2 atom stereocenters. The first kappa shape index (κ1) is 17.1. The van der Waals surface area contributed by atoms with E-state index in [0.717, 1.165) is 17.8 Å². The zero-order valence-corrected chi connectivity index (χ0v) is 15.7. The van der Waals surface area contributed by atoms with Crippen molar-refractivity contribution >= 4 is 29.1 Å². The van der Waals surface area contributed by atoms with Gasteiger partial charge in [-0.3, -0.25) is 10.1 Å². The average Bonchev–Trinajstić information content (AvgIpc) is 3.51. The molecule has 10 nitrogen and oxygen atoms in total. The molecule has 0 radical (unpaired) electrons. The summed E-state index contributed by atoms with van der Waals surface area (Å²) in [6.07, 6.45) is 1.21. The summed E-state index contributed by atoms with van der Waals surface area (Å²) in [6.45, 7) is 1.45. The number of carbonyl (C=O) groups is 1. The fourth-order valence-electron chi connectivity index (χ4n) is 3.43. The summed E-state index contributed by atoms with van der Waals surface area (Å²) in [6, 6.07) is 5.72. The van der Waals surface area contributed by atoms with Crippen LogP contribution in [-0.4, -0.2) is 58.7 Å². The topological polar surface area (TPSA) is 116 Å². The normalized spacial score (nSPS) is 20.5. The Labute approximate surface area is 163 Å². The van der Waals surface area contributed by atoms with E-state index in [0.29, 0.717) is 24.1 Å². The lowest BCUT2D eigenvalue weighted by Gasteiger charge is -2.27. The monoisotopic (exact) mass is 400 g/mol. The van der Waals surface area contributed by atoms with Gasteiger partial charge in [-0.1, -0.05) is 11.2 Å². The van der Waals surface area contributed by atoms with Crippen molar-refractivity contribution in [3.63, 3.8) is 0 Å². The SMILES string of the molecule is COc1cc(N2C[C@H]3C[C@H]2CO3)nnc1C(=O)Nc1nnc(-c2cccs2)o1. The molecule has 1 N–H and O–H groups in total. The van der Waals surface area contributed by atoms with Crippen LogP contribution in [0.5, 0.6) is 5.75 Å². The molecule has 2 aliphatic heterocycles. The molecule has 144 valence electrons. The molecule has 28 heavy (non-hydrogen) atoms. The summed E-state index contributed by atoms with van der Waals surface area (Å²) < 4.78 is 16.4. The molecule has 2 bridgehead atoms. The van der Waals surface area contributed by atoms with Crippen LogP contribution in [-0.2, 0) is 4.74 Å². The van der Waals surface area contributed by atoms with Gasteiger partial charge in [0.15, 0.2) is 17.3 Å². The van der Waals surface area contributed by atoms with Crippen LogP contribution >= 0.6 is 11.3 Å². The molecule has 2 fully saturated rings. The molecule has 11 heteroatoms. The lowest BCUT2D eigenvalue weighted by molar-refractivity contribution is 0.0985. The van der Waals surface area contributed by atoms with Crippen LogP contribution < -0.4 is 15.0 Å². The summed E-state index contributed by atoms with van der Waals surface area (Å²) in [5.41, 5.74) is 0.0442. The minimum Gasteiger partial charge on any atom is -0.494 e. The number of nitrogens with one attached hydrogen (secondary N) is 1. The van der Waals surface area contributed by atoms with Gasteiger partial charge < -0.3 is 18.8 Å². The molecule has 2 aliphatic rings. The van der Waals surface area contributed by atoms with Crippen molar-refractivity contribution in [2.75, 3.05) is 30.5 Å². The first-order chi connectivity index (χ1) is 13.7. The smallest absolute Gasteiger partial charge is 0.322 e. The molecule has 0 unspecified atom stereocenters. The second-order valence-corrected chi connectivity index (χ2v) is 7.41. The predicted molar refractivity (Wildman–Crippen MR) is 99.6 cm³/mol. The summed E-state index contributed by atoms with van der Waals surface area (Å²) in [5.74, 6) is 0.791. The molecular weight excluding hydrogens is 384 g/mol. The minimum atomic E-state index is -0.538. The van der Waals surface area contributed by atoms with E-state index in [4.69, 9.17) is 13.9 Å². The fourth-order valence-corrected chi connectivity index (χ4v) is 4.07. The van der Waals surface area contributed by atoms with Gasteiger partial charge in [0.25, 0.3) is 11.8 Å². The number of nitrogens with zero attached hydrogens (tertiary/aromatic N) is 5. The van der Waals surface area contributed by atoms with Crippen molar-refractivity contribution in [1.82, 2.24) is 20.4 Å². The van der Waals surface area contributed by atoms with Gasteiger partial charge in [0.1, 0.15) is 0 Å².